The molecule has 3 nitrogen and oxygen atoms in total. The molecule has 1 aliphatic rings. The zero-order chi connectivity index (χ0) is 11.5. The number of likely N-dealkylation sites (tertiary alicyclic amines) is 1. The molecule has 3 heteroatoms. The lowest BCUT2D eigenvalue weighted by molar-refractivity contribution is -0.150. The van der Waals surface area contributed by atoms with Gasteiger partial charge in [-0.15, -0.1) is 0 Å². The van der Waals surface area contributed by atoms with Crippen molar-refractivity contribution in [2.45, 2.75) is 64.5 Å². The van der Waals surface area contributed by atoms with Crippen molar-refractivity contribution >= 4 is 5.97 Å². The topological polar surface area (TPSA) is 40.5 Å². The van der Waals surface area contributed by atoms with E-state index in [9.17, 15) is 9.90 Å². The second kappa shape index (κ2) is 4.97. The standard InChI is InChI=1S/C12H23NO2/c1-4-7-10(5-2)13-9-6-8-12(13,3)11(14)15/h10H,4-9H2,1-3H3,(H,14,15). The van der Waals surface area contributed by atoms with Gasteiger partial charge >= 0.3 is 5.97 Å². The van der Waals surface area contributed by atoms with Gasteiger partial charge in [-0.05, 0) is 39.2 Å². The number of hydrogen-bond acceptors (Lipinski definition) is 2. The lowest BCUT2D eigenvalue weighted by Crippen LogP contribution is -2.52. The molecule has 0 aliphatic carbocycles. The summed E-state index contributed by atoms with van der Waals surface area (Å²) in [4.78, 5) is 13.5. The molecule has 0 aromatic carbocycles. The van der Waals surface area contributed by atoms with E-state index in [0.717, 1.165) is 38.6 Å². The summed E-state index contributed by atoms with van der Waals surface area (Å²) in [5.74, 6) is -0.658. The van der Waals surface area contributed by atoms with Gasteiger partial charge in [-0.25, -0.2) is 0 Å². The van der Waals surface area contributed by atoms with Crippen LogP contribution in [0, 0.1) is 0 Å². The molecule has 1 heterocycles. The summed E-state index contributed by atoms with van der Waals surface area (Å²) in [5, 5.41) is 9.31. The minimum atomic E-state index is -0.658. The molecule has 0 aromatic heterocycles. The number of hydrogen-bond donors (Lipinski definition) is 1. The molecule has 1 fully saturated rings. The van der Waals surface area contributed by atoms with Crippen molar-refractivity contribution in [3.63, 3.8) is 0 Å². The Balaban J connectivity index is 2.78. The van der Waals surface area contributed by atoms with Crippen LogP contribution in [0.4, 0.5) is 0 Å². The van der Waals surface area contributed by atoms with Crippen molar-refractivity contribution in [1.29, 1.82) is 0 Å². The maximum absolute atomic E-state index is 11.3. The Morgan fingerprint density at radius 2 is 2.20 bits per heavy atom. The molecule has 0 spiro atoms. The molecule has 1 rings (SSSR count). The van der Waals surface area contributed by atoms with Crippen LogP contribution in [-0.4, -0.2) is 34.1 Å². The van der Waals surface area contributed by atoms with Crippen molar-refractivity contribution in [3.05, 3.63) is 0 Å². The first-order valence-corrected chi connectivity index (χ1v) is 6.06. The average Bonchev–Trinajstić information content (AvgIpc) is 2.58. The Labute approximate surface area is 92.5 Å². The summed E-state index contributed by atoms with van der Waals surface area (Å²) < 4.78 is 0. The van der Waals surface area contributed by atoms with E-state index in [1.54, 1.807) is 0 Å². The third-order valence-electron chi connectivity index (χ3n) is 3.69. The molecule has 0 aromatic rings. The third kappa shape index (κ3) is 2.33. The highest BCUT2D eigenvalue weighted by atomic mass is 16.4. The van der Waals surface area contributed by atoms with Gasteiger partial charge in [-0.1, -0.05) is 20.3 Å². The smallest absolute Gasteiger partial charge is 0.323 e. The van der Waals surface area contributed by atoms with Crippen molar-refractivity contribution in [2.24, 2.45) is 0 Å². The van der Waals surface area contributed by atoms with Crippen molar-refractivity contribution in [2.75, 3.05) is 6.54 Å². The fraction of sp³-hybridized carbons (Fsp3) is 0.917. The maximum Gasteiger partial charge on any atom is 0.323 e. The first-order valence-electron chi connectivity index (χ1n) is 6.06. The molecule has 0 radical (unpaired) electrons. The molecule has 1 saturated heterocycles. The molecule has 1 N–H and O–H groups in total. The van der Waals surface area contributed by atoms with Crippen LogP contribution in [0.2, 0.25) is 0 Å². The van der Waals surface area contributed by atoms with E-state index in [0.29, 0.717) is 6.04 Å². The summed E-state index contributed by atoms with van der Waals surface area (Å²) in [5.41, 5.74) is -0.615. The molecular formula is C12H23NO2. The van der Waals surface area contributed by atoms with E-state index >= 15 is 0 Å². The normalized spacial score (nSPS) is 29.3. The molecule has 2 unspecified atom stereocenters. The van der Waals surface area contributed by atoms with E-state index in [2.05, 4.69) is 18.7 Å². The lowest BCUT2D eigenvalue weighted by Gasteiger charge is -2.37. The summed E-state index contributed by atoms with van der Waals surface area (Å²) in [6.45, 7) is 7.14. The number of carboxylic acid groups (broad SMARTS) is 1. The van der Waals surface area contributed by atoms with Crippen LogP contribution >= 0.6 is 0 Å². The maximum atomic E-state index is 11.3. The monoisotopic (exact) mass is 213 g/mol. The first kappa shape index (κ1) is 12.5. The highest BCUT2D eigenvalue weighted by Gasteiger charge is 2.45. The predicted octanol–water partition coefficient (Wildman–Crippen LogP) is 2.50. The largest absolute Gasteiger partial charge is 0.480 e. The summed E-state index contributed by atoms with van der Waals surface area (Å²) in [6.07, 6.45) is 5.10. The zero-order valence-corrected chi connectivity index (χ0v) is 10.1. The van der Waals surface area contributed by atoms with Gasteiger partial charge in [-0.3, -0.25) is 9.69 Å². The first-order chi connectivity index (χ1) is 7.06. The summed E-state index contributed by atoms with van der Waals surface area (Å²) in [6, 6.07) is 0.443. The second-order valence-corrected chi connectivity index (χ2v) is 4.73. The summed E-state index contributed by atoms with van der Waals surface area (Å²) >= 11 is 0. The van der Waals surface area contributed by atoms with Crippen LogP contribution < -0.4 is 0 Å². The Bertz CT molecular complexity index is 230. The van der Waals surface area contributed by atoms with Crippen molar-refractivity contribution in [1.82, 2.24) is 4.90 Å². The molecular weight excluding hydrogens is 190 g/mol. The molecule has 15 heavy (non-hydrogen) atoms. The third-order valence-corrected chi connectivity index (χ3v) is 3.69. The second-order valence-electron chi connectivity index (χ2n) is 4.73. The van der Waals surface area contributed by atoms with Gasteiger partial charge in [0.05, 0.1) is 0 Å². The van der Waals surface area contributed by atoms with Gasteiger partial charge < -0.3 is 5.11 Å². The number of carbonyl (C=O) groups is 1. The quantitative estimate of drug-likeness (QED) is 0.763. The van der Waals surface area contributed by atoms with E-state index < -0.39 is 11.5 Å². The van der Waals surface area contributed by atoms with Gasteiger partial charge in [0.2, 0.25) is 0 Å². The Hall–Kier alpha value is -0.570. The van der Waals surface area contributed by atoms with Gasteiger partial charge in [0, 0.05) is 6.04 Å². The van der Waals surface area contributed by atoms with Crippen LogP contribution in [0.25, 0.3) is 0 Å². The van der Waals surface area contributed by atoms with E-state index in [4.69, 9.17) is 0 Å². The van der Waals surface area contributed by atoms with Crippen LogP contribution in [-0.2, 0) is 4.79 Å². The fourth-order valence-corrected chi connectivity index (χ4v) is 2.71. The number of aliphatic carboxylic acids is 1. The van der Waals surface area contributed by atoms with Crippen LogP contribution in [0.1, 0.15) is 52.9 Å². The highest BCUT2D eigenvalue weighted by Crippen LogP contribution is 2.33. The zero-order valence-electron chi connectivity index (χ0n) is 10.1. The Morgan fingerprint density at radius 3 is 2.67 bits per heavy atom. The average molecular weight is 213 g/mol. The molecule has 2 atom stereocenters. The highest BCUT2D eigenvalue weighted by molar-refractivity contribution is 5.78. The molecule has 1 aliphatic heterocycles. The van der Waals surface area contributed by atoms with Gasteiger partial charge in [0.15, 0.2) is 0 Å². The fourth-order valence-electron chi connectivity index (χ4n) is 2.71. The van der Waals surface area contributed by atoms with Crippen molar-refractivity contribution < 1.29 is 9.90 Å². The van der Waals surface area contributed by atoms with Crippen LogP contribution in [0.3, 0.4) is 0 Å². The molecule has 88 valence electrons. The predicted molar refractivity (Wildman–Crippen MR) is 61.0 cm³/mol. The van der Waals surface area contributed by atoms with E-state index in [-0.39, 0.29) is 0 Å². The van der Waals surface area contributed by atoms with Crippen molar-refractivity contribution in [3.8, 4) is 0 Å². The molecule has 0 bridgehead atoms. The van der Waals surface area contributed by atoms with Crippen LogP contribution in [0.15, 0.2) is 0 Å². The lowest BCUT2D eigenvalue weighted by atomic mass is 9.96. The van der Waals surface area contributed by atoms with Crippen LogP contribution in [0.5, 0.6) is 0 Å². The molecule has 0 amide bonds. The number of nitrogens with zero attached hydrogens (tertiary/aromatic N) is 1. The van der Waals surface area contributed by atoms with E-state index in [1.807, 2.05) is 6.92 Å². The van der Waals surface area contributed by atoms with Gasteiger partial charge in [0.25, 0.3) is 0 Å². The molecule has 0 saturated carbocycles. The van der Waals surface area contributed by atoms with Gasteiger partial charge in [-0.2, -0.15) is 0 Å². The Kier molecular flexibility index (Phi) is 4.14. The minimum absolute atomic E-state index is 0.443. The van der Waals surface area contributed by atoms with E-state index in [1.165, 1.54) is 0 Å². The SMILES string of the molecule is CCCC(CC)N1CCCC1(C)C(=O)O. The summed E-state index contributed by atoms with van der Waals surface area (Å²) in [7, 11) is 0. The Morgan fingerprint density at radius 1 is 1.53 bits per heavy atom. The number of carboxylic acids is 1. The minimum Gasteiger partial charge on any atom is -0.480 e. The van der Waals surface area contributed by atoms with Gasteiger partial charge in [0.1, 0.15) is 5.54 Å². The number of rotatable bonds is 5.